The highest BCUT2D eigenvalue weighted by molar-refractivity contribution is 9.10. The Morgan fingerprint density at radius 3 is 2.60 bits per heavy atom. The normalized spacial score (nSPS) is 12.0. The van der Waals surface area contributed by atoms with Gasteiger partial charge in [0.25, 0.3) is 0 Å². The number of nitrogens with one attached hydrogen (secondary N) is 1. The van der Waals surface area contributed by atoms with E-state index in [2.05, 4.69) is 21.2 Å². The highest BCUT2D eigenvalue weighted by Gasteiger charge is 2.12. The summed E-state index contributed by atoms with van der Waals surface area (Å²) in [5.74, 6) is 0.163. The summed E-state index contributed by atoms with van der Waals surface area (Å²) < 4.78 is 19.5. The Balaban J connectivity index is 2.18. The lowest BCUT2D eigenvalue weighted by Gasteiger charge is -2.17. The lowest BCUT2D eigenvalue weighted by atomic mass is 10.1. The average Bonchev–Trinajstić information content (AvgIpc) is 2.38. The summed E-state index contributed by atoms with van der Waals surface area (Å²) in [4.78, 5) is 0. The molecule has 0 spiro atoms. The van der Waals surface area contributed by atoms with Crippen molar-refractivity contribution in [2.45, 2.75) is 13.0 Å². The molecule has 0 aliphatic heterocycles. The highest BCUT2D eigenvalue weighted by Crippen LogP contribution is 2.31. The number of hydrogen-bond acceptors (Lipinski definition) is 3. The largest absolute Gasteiger partial charge is 0.504 e. The number of phenols is 1. The van der Waals surface area contributed by atoms with Crippen LogP contribution < -0.4 is 10.1 Å². The van der Waals surface area contributed by atoms with Crippen LogP contribution in [0, 0.1) is 5.82 Å². The van der Waals surface area contributed by atoms with Gasteiger partial charge in [-0.15, -0.1) is 0 Å². The van der Waals surface area contributed by atoms with Crippen molar-refractivity contribution in [1.29, 1.82) is 0 Å². The van der Waals surface area contributed by atoms with E-state index < -0.39 is 0 Å². The average molecular weight is 340 g/mol. The van der Waals surface area contributed by atoms with Gasteiger partial charge in [-0.3, -0.25) is 0 Å². The van der Waals surface area contributed by atoms with Crippen molar-refractivity contribution in [3.8, 4) is 11.5 Å². The maximum atomic E-state index is 13.9. The Kier molecular flexibility index (Phi) is 4.49. The van der Waals surface area contributed by atoms with Crippen LogP contribution in [0.5, 0.6) is 11.5 Å². The van der Waals surface area contributed by atoms with E-state index in [-0.39, 0.29) is 17.6 Å². The molecular weight excluding hydrogens is 325 g/mol. The number of aromatic hydroxyl groups is 1. The highest BCUT2D eigenvalue weighted by atomic mass is 79.9. The molecule has 1 atom stereocenters. The van der Waals surface area contributed by atoms with Gasteiger partial charge in [-0.05, 0) is 31.2 Å². The molecule has 0 fully saturated rings. The third-order valence-corrected chi connectivity index (χ3v) is 3.48. The monoisotopic (exact) mass is 339 g/mol. The van der Waals surface area contributed by atoms with E-state index in [0.29, 0.717) is 21.5 Å². The molecule has 2 aromatic carbocycles. The summed E-state index contributed by atoms with van der Waals surface area (Å²) in [5, 5.41) is 12.9. The second-order valence-corrected chi connectivity index (χ2v) is 5.33. The molecule has 0 bridgehead atoms. The van der Waals surface area contributed by atoms with Gasteiger partial charge in [-0.2, -0.15) is 0 Å². The summed E-state index contributed by atoms with van der Waals surface area (Å²) >= 11 is 3.23. The Morgan fingerprint density at radius 1 is 1.25 bits per heavy atom. The SMILES string of the molecule is COc1ccc(NC(C)c2ccc(Br)cc2F)cc1O. The second-order valence-electron chi connectivity index (χ2n) is 4.42. The number of halogens is 2. The first-order chi connectivity index (χ1) is 9.51. The number of benzene rings is 2. The topological polar surface area (TPSA) is 41.5 Å². The number of hydrogen-bond donors (Lipinski definition) is 2. The molecular formula is C15H15BrFNO2. The van der Waals surface area contributed by atoms with E-state index in [0.717, 1.165) is 0 Å². The molecule has 2 N–H and O–H groups in total. The lowest BCUT2D eigenvalue weighted by molar-refractivity contribution is 0.373. The molecule has 0 aliphatic rings. The third-order valence-electron chi connectivity index (χ3n) is 2.99. The molecule has 3 nitrogen and oxygen atoms in total. The van der Waals surface area contributed by atoms with Gasteiger partial charge >= 0.3 is 0 Å². The zero-order valence-electron chi connectivity index (χ0n) is 11.2. The molecule has 2 rings (SSSR count). The zero-order chi connectivity index (χ0) is 14.7. The van der Waals surface area contributed by atoms with Crippen molar-refractivity contribution < 1.29 is 14.2 Å². The fraction of sp³-hybridized carbons (Fsp3) is 0.200. The molecule has 0 saturated carbocycles. The van der Waals surface area contributed by atoms with Crippen LogP contribution in [0.25, 0.3) is 0 Å². The van der Waals surface area contributed by atoms with Crippen molar-refractivity contribution in [3.05, 3.63) is 52.3 Å². The lowest BCUT2D eigenvalue weighted by Crippen LogP contribution is -2.08. The summed E-state index contributed by atoms with van der Waals surface area (Å²) in [6, 6.07) is 9.69. The molecule has 1 unspecified atom stereocenters. The van der Waals surface area contributed by atoms with E-state index in [9.17, 15) is 9.50 Å². The van der Waals surface area contributed by atoms with E-state index in [1.165, 1.54) is 13.2 Å². The van der Waals surface area contributed by atoms with Gasteiger partial charge in [0.05, 0.1) is 13.2 Å². The maximum absolute atomic E-state index is 13.9. The number of rotatable bonds is 4. The van der Waals surface area contributed by atoms with Crippen molar-refractivity contribution >= 4 is 21.6 Å². The quantitative estimate of drug-likeness (QED) is 0.863. The molecule has 0 amide bonds. The standard InChI is InChI=1S/C15H15BrFNO2/c1-9(12-5-3-10(16)7-13(12)17)18-11-4-6-15(20-2)14(19)8-11/h3-9,18-19H,1-2H3. The molecule has 5 heteroatoms. The molecule has 0 saturated heterocycles. The minimum atomic E-state index is -0.280. The zero-order valence-corrected chi connectivity index (χ0v) is 12.7. The number of methoxy groups -OCH3 is 1. The molecule has 106 valence electrons. The molecule has 0 aromatic heterocycles. The molecule has 0 heterocycles. The summed E-state index contributed by atoms with van der Waals surface area (Å²) in [6.07, 6.45) is 0. The van der Waals surface area contributed by atoms with E-state index in [4.69, 9.17) is 4.74 Å². The molecule has 20 heavy (non-hydrogen) atoms. The minimum Gasteiger partial charge on any atom is -0.504 e. The van der Waals surface area contributed by atoms with Crippen LogP contribution in [-0.2, 0) is 0 Å². The molecule has 0 aliphatic carbocycles. The summed E-state index contributed by atoms with van der Waals surface area (Å²) in [7, 11) is 1.49. The van der Waals surface area contributed by atoms with Gasteiger partial charge in [0.2, 0.25) is 0 Å². The predicted molar refractivity (Wildman–Crippen MR) is 80.8 cm³/mol. The fourth-order valence-corrected chi connectivity index (χ4v) is 2.29. The van der Waals surface area contributed by atoms with Crippen LogP contribution in [0.4, 0.5) is 10.1 Å². The van der Waals surface area contributed by atoms with Crippen LogP contribution in [0.15, 0.2) is 40.9 Å². The van der Waals surface area contributed by atoms with Crippen molar-refractivity contribution in [1.82, 2.24) is 0 Å². The minimum absolute atomic E-state index is 0.0426. The van der Waals surface area contributed by atoms with E-state index >= 15 is 0 Å². The van der Waals surface area contributed by atoms with Gasteiger partial charge in [-0.1, -0.05) is 22.0 Å². The maximum Gasteiger partial charge on any atom is 0.160 e. The Bertz CT molecular complexity index is 619. The first-order valence-electron chi connectivity index (χ1n) is 6.09. The van der Waals surface area contributed by atoms with Gasteiger partial charge in [0.1, 0.15) is 5.82 Å². The van der Waals surface area contributed by atoms with Crippen molar-refractivity contribution in [2.24, 2.45) is 0 Å². The second kappa shape index (κ2) is 6.13. The van der Waals surface area contributed by atoms with Crippen LogP contribution in [-0.4, -0.2) is 12.2 Å². The van der Waals surface area contributed by atoms with Crippen LogP contribution in [0.1, 0.15) is 18.5 Å². The van der Waals surface area contributed by atoms with E-state index in [1.54, 1.807) is 30.3 Å². The third kappa shape index (κ3) is 3.22. The number of phenolic OH excluding ortho intramolecular Hbond substituents is 1. The van der Waals surface area contributed by atoms with E-state index in [1.807, 2.05) is 6.92 Å². The smallest absolute Gasteiger partial charge is 0.160 e. The summed E-state index contributed by atoms with van der Waals surface area (Å²) in [6.45, 7) is 1.85. The van der Waals surface area contributed by atoms with Crippen LogP contribution >= 0.6 is 15.9 Å². The Labute approximate surface area is 125 Å². The van der Waals surface area contributed by atoms with Crippen molar-refractivity contribution in [3.63, 3.8) is 0 Å². The van der Waals surface area contributed by atoms with Gasteiger partial charge < -0.3 is 15.2 Å². The molecule has 0 radical (unpaired) electrons. The first-order valence-corrected chi connectivity index (χ1v) is 6.89. The Morgan fingerprint density at radius 2 is 2.00 bits per heavy atom. The van der Waals surface area contributed by atoms with Crippen molar-refractivity contribution in [2.75, 3.05) is 12.4 Å². The van der Waals surface area contributed by atoms with Gasteiger partial charge in [0.15, 0.2) is 11.5 Å². The number of ether oxygens (including phenoxy) is 1. The summed E-state index contributed by atoms with van der Waals surface area (Å²) in [5.41, 5.74) is 1.25. The van der Waals surface area contributed by atoms with Gasteiger partial charge in [0, 0.05) is 21.8 Å². The first kappa shape index (κ1) is 14.7. The molecule has 2 aromatic rings. The number of anilines is 1. The predicted octanol–water partition coefficient (Wildman–Crippen LogP) is 4.48. The van der Waals surface area contributed by atoms with Gasteiger partial charge in [-0.25, -0.2) is 4.39 Å². The van der Waals surface area contributed by atoms with Crippen LogP contribution in [0.3, 0.4) is 0 Å². The van der Waals surface area contributed by atoms with Crippen LogP contribution in [0.2, 0.25) is 0 Å². The Hall–Kier alpha value is -1.75. The fourth-order valence-electron chi connectivity index (χ4n) is 1.96.